The number of rotatable bonds is 8. The lowest BCUT2D eigenvalue weighted by Gasteiger charge is -2.16. The van der Waals surface area contributed by atoms with Crippen molar-refractivity contribution in [2.75, 3.05) is 40.9 Å². The fourth-order valence-corrected chi connectivity index (χ4v) is 2.01. The lowest BCUT2D eigenvalue weighted by atomic mass is 10.1. The Morgan fingerprint density at radius 1 is 1.18 bits per heavy atom. The van der Waals surface area contributed by atoms with Gasteiger partial charge in [0.1, 0.15) is 0 Å². The van der Waals surface area contributed by atoms with Crippen LogP contribution in [0.2, 0.25) is 0 Å². The molecule has 1 aromatic carbocycles. The van der Waals surface area contributed by atoms with E-state index in [-0.39, 0.29) is 24.0 Å². The number of aliphatic imine (C=N–C) groups is 1. The molecule has 1 aromatic rings. The van der Waals surface area contributed by atoms with Gasteiger partial charge in [-0.25, -0.2) is 0 Å². The van der Waals surface area contributed by atoms with Gasteiger partial charge >= 0.3 is 0 Å². The summed E-state index contributed by atoms with van der Waals surface area (Å²) < 4.78 is 5.30. The number of guanidine groups is 1. The van der Waals surface area contributed by atoms with E-state index < -0.39 is 0 Å². The highest BCUT2D eigenvalue weighted by Crippen LogP contribution is 2.10. The first-order valence-corrected chi connectivity index (χ1v) is 7.41. The van der Waals surface area contributed by atoms with E-state index in [1.165, 1.54) is 11.1 Å². The summed E-state index contributed by atoms with van der Waals surface area (Å²) in [4.78, 5) is 6.39. The van der Waals surface area contributed by atoms with Crippen LogP contribution in [-0.4, -0.2) is 51.8 Å². The molecule has 0 spiro atoms. The van der Waals surface area contributed by atoms with Crippen molar-refractivity contribution in [2.24, 2.45) is 4.99 Å². The Hall–Kier alpha value is -0.860. The normalized spacial score (nSPS) is 11.2. The monoisotopic (exact) mass is 420 g/mol. The van der Waals surface area contributed by atoms with Gasteiger partial charge in [-0.15, -0.1) is 24.0 Å². The van der Waals surface area contributed by atoms with Gasteiger partial charge in [0.2, 0.25) is 0 Å². The highest BCUT2D eigenvalue weighted by atomic mass is 127. The van der Waals surface area contributed by atoms with Crippen LogP contribution < -0.4 is 10.6 Å². The zero-order valence-corrected chi connectivity index (χ0v) is 16.4. The predicted octanol–water partition coefficient (Wildman–Crippen LogP) is 2.07. The van der Waals surface area contributed by atoms with E-state index in [0.29, 0.717) is 6.61 Å². The number of nitrogens with one attached hydrogen (secondary N) is 2. The van der Waals surface area contributed by atoms with Crippen LogP contribution in [-0.2, 0) is 17.8 Å². The Bertz CT molecular complexity index is 438. The first-order chi connectivity index (χ1) is 10.2. The molecule has 0 fully saturated rings. The van der Waals surface area contributed by atoms with E-state index in [4.69, 9.17) is 4.74 Å². The quantitative estimate of drug-likeness (QED) is 0.293. The fourth-order valence-electron chi connectivity index (χ4n) is 2.01. The van der Waals surface area contributed by atoms with Crippen LogP contribution in [0.25, 0.3) is 0 Å². The van der Waals surface area contributed by atoms with E-state index >= 15 is 0 Å². The summed E-state index contributed by atoms with van der Waals surface area (Å²) in [6.45, 7) is 5.88. The smallest absolute Gasteiger partial charge is 0.191 e. The van der Waals surface area contributed by atoms with Gasteiger partial charge in [0.25, 0.3) is 0 Å². The third-order valence-corrected chi connectivity index (χ3v) is 3.02. The van der Waals surface area contributed by atoms with Gasteiger partial charge in [0.05, 0.1) is 6.61 Å². The summed E-state index contributed by atoms with van der Waals surface area (Å²) in [7, 11) is 5.94. The van der Waals surface area contributed by atoms with Gasteiger partial charge in [0, 0.05) is 33.3 Å². The van der Waals surface area contributed by atoms with Gasteiger partial charge < -0.3 is 20.3 Å². The van der Waals surface area contributed by atoms with Crippen LogP contribution in [0.15, 0.2) is 29.3 Å². The summed E-state index contributed by atoms with van der Waals surface area (Å²) in [5.74, 6) is 0.800. The third-order valence-electron chi connectivity index (χ3n) is 3.02. The Morgan fingerprint density at radius 3 is 2.45 bits per heavy atom. The first-order valence-electron chi connectivity index (χ1n) is 7.41. The molecule has 1 rings (SSSR count). The van der Waals surface area contributed by atoms with Crippen molar-refractivity contribution in [3.8, 4) is 0 Å². The van der Waals surface area contributed by atoms with Crippen molar-refractivity contribution >= 4 is 29.9 Å². The molecule has 2 N–H and O–H groups in total. The Morgan fingerprint density at radius 2 is 1.86 bits per heavy atom. The van der Waals surface area contributed by atoms with Crippen LogP contribution in [0.3, 0.4) is 0 Å². The molecule has 0 heterocycles. The molecule has 0 aliphatic rings. The van der Waals surface area contributed by atoms with Crippen molar-refractivity contribution in [3.05, 3.63) is 35.4 Å². The summed E-state index contributed by atoms with van der Waals surface area (Å²) in [5.41, 5.74) is 2.62. The number of nitrogens with zero attached hydrogens (tertiary/aromatic N) is 2. The number of ether oxygens (including phenoxy) is 1. The molecule has 0 saturated heterocycles. The minimum absolute atomic E-state index is 0. The second-order valence-corrected chi connectivity index (χ2v) is 5.06. The maximum atomic E-state index is 5.30. The van der Waals surface area contributed by atoms with E-state index in [9.17, 15) is 0 Å². The average molecular weight is 420 g/mol. The van der Waals surface area contributed by atoms with Crippen LogP contribution in [0.4, 0.5) is 0 Å². The molecule has 0 saturated carbocycles. The average Bonchev–Trinajstić information content (AvgIpc) is 2.47. The maximum absolute atomic E-state index is 5.30. The predicted molar refractivity (Wildman–Crippen MR) is 104 cm³/mol. The highest BCUT2D eigenvalue weighted by Gasteiger charge is 2.04. The molecule has 0 radical (unpaired) electrons. The molecule has 0 aliphatic heterocycles. The minimum Gasteiger partial charge on any atom is -0.380 e. The molecule has 126 valence electrons. The van der Waals surface area contributed by atoms with Crippen molar-refractivity contribution in [3.63, 3.8) is 0 Å². The fraction of sp³-hybridized carbons (Fsp3) is 0.562. The molecule has 0 unspecified atom stereocenters. The van der Waals surface area contributed by atoms with Crippen LogP contribution in [0, 0.1) is 0 Å². The maximum Gasteiger partial charge on any atom is 0.191 e. The van der Waals surface area contributed by atoms with Crippen LogP contribution in [0.5, 0.6) is 0 Å². The van der Waals surface area contributed by atoms with Gasteiger partial charge in [-0.2, -0.15) is 0 Å². The molecule has 22 heavy (non-hydrogen) atoms. The highest BCUT2D eigenvalue weighted by molar-refractivity contribution is 14.0. The molecular weight excluding hydrogens is 391 g/mol. The number of hydrogen-bond donors (Lipinski definition) is 2. The topological polar surface area (TPSA) is 48.9 Å². The molecule has 0 aliphatic carbocycles. The van der Waals surface area contributed by atoms with E-state index in [1.54, 1.807) is 7.05 Å². The van der Waals surface area contributed by atoms with E-state index in [0.717, 1.165) is 32.2 Å². The van der Waals surface area contributed by atoms with Gasteiger partial charge in [-0.05, 0) is 32.1 Å². The minimum atomic E-state index is 0. The van der Waals surface area contributed by atoms with E-state index in [2.05, 4.69) is 58.9 Å². The van der Waals surface area contributed by atoms with Gasteiger partial charge in [0.15, 0.2) is 5.96 Å². The lowest BCUT2D eigenvalue weighted by Crippen LogP contribution is -2.38. The van der Waals surface area contributed by atoms with Crippen molar-refractivity contribution in [1.29, 1.82) is 0 Å². The van der Waals surface area contributed by atoms with Crippen molar-refractivity contribution in [2.45, 2.75) is 20.0 Å². The molecule has 6 heteroatoms. The number of halogens is 1. The second-order valence-electron chi connectivity index (χ2n) is 5.06. The molecule has 0 atom stereocenters. The Kier molecular flexibility index (Phi) is 12.2. The molecular formula is C16H29IN4O. The Balaban J connectivity index is 0.00000441. The second kappa shape index (κ2) is 12.7. The first kappa shape index (κ1) is 21.1. The van der Waals surface area contributed by atoms with Crippen LogP contribution >= 0.6 is 24.0 Å². The zero-order valence-electron chi connectivity index (χ0n) is 14.1. The summed E-state index contributed by atoms with van der Waals surface area (Å²) in [5, 5.41) is 6.58. The van der Waals surface area contributed by atoms with E-state index in [1.807, 2.05) is 6.92 Å². The van der Waals surface area contributed by atoms with Gasteiger partial charge in [-0.3, -0.25) is 4.99 Å². The number of benzene rings is 1. The summed E-state index contributed by atoms with van der Waals surface area (Å²) in [6.07, 6.45) is 0. The van der Waals surface area contributed by atoms with Gasteiger partial charge in [-0.1, -0.05) is 24.3 Å². The van der Waals surface area contributed by atoms with Crippen molar-refractivity contribution < 1.29 is 4.74 Å². The molecule has 5 nitrogen and oxygen atoms in total. The SMILES string of the molecule is CCOCCNC(=NC)NCc1ccccc1CN(C)C.I. The summed E-state index contributed by atoms with van der Waals surface area (Å²) >= 11 is 0. The zero-order chi connectivity index (χ0) is 15.5. The number of hydrogen-bond acceptors (Lipinski definition) is 3. The standard InChI is InChI=1S/C16H28N4O.HI/c1-5-21-11-10-18-16(17-2)19-12-14-8-6-7-9-15(14)13-20(3)4;/h6-9H,5,10-13H2,1-4H3,(H2,17,18,19);1H. The molecule has 0 amide bonds. The molecule has 0 bridgehead atoms. The lowest BCUT2D eigenvalue weighted by molar-refractivity contribution is 0.152. The summed E-state index contributed by atoms with van der Waals surface area (Å²) in [6, 6.07) is 8.47. The van der Waals surface area contributed by atoms with Crippen molar-refractivity contribution in [1.82, 2.24) is 15.5 Å². The largest absolute Gasteiger partial charge is 0.380 e. The molecule has 0 aromatic heterocycles. The third kappa shape index (κ3) is 8.55. The van der Waals surface area contributed by atoms with Crippen LogP contribution in [0.1, 0.15) is 18.1 Å². The Labute approximate surface area is 151 Å².